The molecule has 0 saturated carbocycles. The standard InChI is InChI=1S/C40H25N5/c1-5-15-32-27(11-1)28-12-2-6-16-33(28)43(32)26-22-23-36-31(25-26)40-37(19-10-24-41-40)45(36)39-21-9-20-38(42-39)44-34-17-7-3-13-29(34)30-14-4-8-18-35(30)44/h1-25H. The number of pyridine rings is 2. The highest BCUT2D eigenvalue weighted by Gasteiger charge is 2.18. The Balaban J connectivity index is 1.22. The van der Waals surface area contributed by atoms with Gasteiger partial charge in [-0.3, -0.25) is 14.1 Å². The fourth-order valence-corrected chi connectivity index (χ4v) is 7.24. The van der Waals surface area contributed by atoms with Crippen LogP contribution in [-0.4, -0.2) is 23.7 Å². The number of hydrogen-bond donors (Lipinski definition) is 0. The molecule has 5 heteroatoms. The second kappa shape index (κ2) is 9.15. The van der Waals surface area contributed by atoms with Crippen LogP contribution in [0.5, 0.6) is 0 Å². The molecule has 0 unspecified atom stereocenters. The maximum Gasteiger partial charge on any atom is 0.140 e. The normalized spacial score (nSPS) is 12.0. The minimum Gasteiger partial charge on any atom is -0.309 e. The Kier molecular flexibility index (Phi) is 4.93. The second-order valence-electron chi connectivity index (χ2n) is 11.5. The minimum atomic E-state index is 0.854. The van der Waals surface area contributed by atoms with E-state index in [4.69, 9.17) is 9.97 Å². The van der Waals surface area contributed by atoms with Crippen molar-refractivity contribution in [3.05, 3.63) is 152 Å². The van der Waals surface area contributed by atoms with Crippen molar-refractivity contribution in [1.82, 2.24) is 23.7 Å². The first-order valence-corrected chi connectivity index (χ1v) is 15.2. The Morgan fingerprint density at radius 2 is 0.822 bits per heavy atom. The average Bonchev–Trinajstić information content (AvgIpc) is 3.74. The molecule has 0 aliphatic carbocycles. The molecule has 5 heterocycles. The third-order valence-electron chi connectivity index (χ3n) is 9.10. The van der Waals surface area contributed by atoms with Crippen LogP contribution in [0.4, 0.5) is 0 Å². The van der Waals surface area contributed by atoms with Crippen LogP contribution in [0.1, 0.15) is 0 Å². The van der Waals surface area contributed by atoms with E-state index in [9.17, 15) is 0 Å². The van der Waals surface area contributed by atoms with Crippen molar-refractivity contribution in [3.63, 3.8) is 0 Å². The molecule has 210 valence electrons. The maximum absolute atomic E-state index is 5.31. The third kappa shape index (κ3) is 3.38. The lowest BCUT2D eigenvalue weighted by Crippen LogP contribution is -2.03. The van der Waals surface area contributed by atoms with E-state index in [0.29, 0.717) is 0 Å². The van der Waals surface area contributed by atoms with Gasteiger partial charge < -0.3 is 4.57 Å². The Morgan fingerprint density at radius 1 is 0.356 bits per heavy atom. The van der Waals surface area contributed by atoms with Gasteiger partial charge in [0.05, 0.1) is 38.6 Å². The van der Waals surface area contributed by atoms with Gasteiger partial charge in [-0.25, -0.2) is 4.98 Å². The Labute approximate surface area is 257 Å². The van der Waals surface area contributed by atoms with Gasteiger partial charge in [0, 0.05) is 38.8 Å². The lowest BCUT2D eigenvalue weighted by Gasteiger charge is -2.12. The first-order chi connectivity index (χ1) is 22.3. The number of hydrogen-bond acceptors (Lipinski definition) is 2. The molecule has 0 radical (unpaired) electrons. The van der Waals surface area contributed by atoms with Gasteiger partial charge in [0.2, 0.25) is 0 Å². The lowest BCUT2D eigenvalue weighted by atomic mass is 10.2. The molecule has 0 bridgehead atoms. The van der Waals surface area contributed by atoms with Crippen LogP contribution in [-0.2, 0) is 0 Å². The van der Waals surface area contributed by atoms with Crippen LogP contribution in [0.3, 0.4) is 0 Å². The predicted molar refractivity (Wildman–Crippen MR) is 185 cm³/mol. The summed E-state index contributed by atoms with van der Waals surface area (Å²) in [6.45, 7) is 0. The number of para-hydroxylation sites is 4. The predicted octanol–water partition coefficient (Wildman–Crippen LogP) is 9.77. The number of rotatable bonds is 3. The Morgan fingerprint density at radius 3 is 1.40 bits per heavy atom. The summed E-state index contributed by atoms with van der Waals surface area (Å²) >= 11 is 0. The second-order valence-corrected chi connectivity index (χ2v) is 11.5. The third-order valence-corrected chi connectivity index (χ3v) is 9.10. The zero-order valence-electron chi connectivity index (χ0n) is 24.2. The summed E-state index contributed by atoms with van der Waals surface area (Å²) in [5.74, 6) is 1.73. The molecular weight excluding hydrogens is 550 g/mol. The smallest absolute Gasteiger partial charge is 0.140 e. The molecule has 10 rings (SSSR count). The molecule has 45 heavy (non-hydrogen) atoms. The molecule has 0 spiro atoms. The quantitative estimate of drug-likeness (QED) is 0.210. The van der Waals surface area contributed by atoms with Gasteiger partial charge in [-0.05, 0) is 66.7 Å². The van der Waals surface area contributed by atoms with Crippen molar-refractivity contribution < 1.29 is 0 Å². The van der Waals surface area contributed by atoms with Gasteiger partial charge in [-0.15, -0.1) is 0 Å². The van der Waals surface area contributed by atoms with Crippen LogP contribution in [0, 0.1) is 0 Å². The maximum atomic E-state index is 5.31. The molecule has 0 atom stereocenters. The van der Waals surface area contributed by atoms with Gasteiger partial charge in [-0.2, -0.15) is 0 Å². The van der Waals surface area contributed by atoms with E-state index in [1.807, 2.05) is 12.3 Å². The molecule has 5 aromatic carbocycles. The van der Waals surface area contributed by atoms with Crippen molar-refractivity contribution in [3.8, 4) is 17.3 Å². The molecule has 0 amide bonds. The number of benzene rings is 5. The zero-order valence-corrected chi connectivity index (χ0v) is 24.2. The summed E-state index contributed by atoms with van der Waals surface area (Å²) in [4.78, 5) is 10.2. The van der Waals surface area contributed by atoms with E-state index in [1.54, 1.807) is 0 Å². The largest absolute Gasteiger partial charge is 0.309 e. The van der Waals surface area contributed by atoms with E-state index >= 15 is 0 Å². The highest BCUT2D eigenvalue weighted by molar-refractivity contribution is 6.11. The summed E-state index contributed by atoms with van der Waals surface area (Å²) in [5, 5.41) is 6.03. The minimum absolute atomic E-state index is 0.854. The number of nitrogens with zero attached hydrogens (tertiary/aromatic N) is 5. The fourth-order valence-electron chi connectivity index (χ4n) is 7.24. The molecule has 0 N–H and O–H groups in total. The lowest BCUT2D eigenvalue weighted by molar-refractivity contribution is 1.01. The summed E-state index contributed by atoms with van der Waals surface area (Å²) in [5.41, 5.74) is 8.83. The molecule has 0 aliphatic rings. The van der Waals surface area contributed by atoms with Gasteiger partial charge in [0.1, 0.15) is 11.6 Å². The first kappa shape index (κ1) is 24.3. The van der Waals surface area contributed by atoms with E-state index in [-0.39, 0.29) is 0 Å². The molecule has 10 aromatic rings. The summed E-state index contributed by atoms with van der Waals surface area (Å²) < 4.78 is 6.86. The van der Waals surface area contributed by atoms with Gasteiger partial charge >= 0.3 is 0 Å². The van der Waals surface area contributed by atoms with E-state index in [1.165, 1.54) is 32.6 Å². The summed E-state index contributed by atoms with van der Waals surface area (Å²) in [6, 6.07) is 51.5. The van der Waals surface area contributed by atoms with Crippen LogP contribution in [0.2, 0.25) is 0 Å². The fraction of sp³-hybridized carbons (Fsp3) is 0. The van der Waals surface area contributed by atoms with Crippen LogP contribution < -0.4 is 0 Å². The summed E-state index contributed by atoms with van der Waals surface area (Å²) in [7, 11) is 0. The van der Waals surface area contributed by atoms with Gasteiger partial charge in [-0.1, -0.05) is 78.9 Å². The molecular formula is C40H25N5. The van der Waals surface area contributed by atoms with Gasteiger partial charge in [0.25, 0.3) is 0 Å². The number of aromatic nitrogens is 5. The van der Waals surface area contributed by atoms with Crippen molar-refractivity contribution in [2.45, 2.75) is 0 Å². The van der Waals surface area contributed by atoms with Crippen molar-refractivity contribution in [2.75, 3.05) is 0 Å². The van der Waals surface area contributed by atoms with Gasteiger partial charge in [0.15, 0.2) is 0 Å². The summed E-state index contributed by atoms with van der Waals surface area (Å²) in [6.07, 6.45) is 1.88. The highest BCUT2D eigenvalue weighted by Crippen LogP contribution is 2.37. The SMILES string of the molecule is c1cc(-n2c3ccccc3c3ccccc32)nc(-n2c3ccc(-n4c5ccccc5c5ccccc54)cc3c3ncccc32)c1. The van der Waals surface area contributed by atoms with Crippen molar-refractivity contribution in [1.29, 1.82) is 0 Å². The molecule has 0 saturated heterocycles. The highest BCUT2D eigenvalue weighted by atomic mass is 15.1. The molecule has 5 nitrogen and oxygen atoms in total. The van der Waals surface area contributed by atoms with Crippen LogP contribution >= 0.6 is 0 Å². The average molecular weight is 576 g/mol. The first-order valence-electron chi connectivity index (χ1n) is 15.2. The monoisotopic (exact) mass is 575 g/mol. The zero-order chi connectivity index (χ0) is 29.5. The Hall–Kier alpha value is -6.20. The van der Waals surface area contributed by atoms with E-state index in [0.717, 1.165) is 50.3 Å². The van der Waals surface area contributed by atoms with E-state index < -0.39 is 0 Å². The molecule has 0 fully saturated rings. The van der Waals surface area contributed by atoms with Crippen molar-refractivity contribution in [2.24, 2.45) is 0 Å². The van der Waals surface area contributed by atoms with E-state index in [2.05, 4.69) is 153 Å². The van der Waals surface area contributed by atoms with Crippen LogP contribution in [0.15, 0.2) is 152 Å². The van der Waals surface area contributed by atoms with Crippen molar-refractivity contribution >= 4 is 65.5 Å². The van der Waals surface area contributed by atoms with Crippen LogP contribution in [0.25, 0.3) is 82.9 Å². The molecule has 0 aliphatic heterocycles. The topological polar surface area (TPSA) is 40.6 Å². The number of fused-ring (bicyclic) bond motifs is 9. The Bertz CT molecular complexity index is 2670. The molecule has 5 aromatic heterocycles.